The summed E-state index contributed by atoms with van der Waals surface area (Å²) in [6.07, 6.45) is 4.16. The van der Waals surface area contributed by atoms with Crippen LogP contribution in [-0.4, -0.2) is 35.7 Å². The number of nitrogens with one attached hydrogen (secondary N) is 1. The maximum atomic E-state index is 11.9. The lowest BCUT2D eigenvalue weighted by Gasteiger charge is -2.39. The molecule has 96 valence electrons. The average Bonchev–Trinajstić information content (AvgIpc) is 2.13. The molecule has 1 saturated heterocycles. The molecule has 0 aromatic rings. The summed E-state index contributed by atoms with van der Waals surface area (Å²) in [5, 5.41) is 11.9. The Balaban J connectivity index is 1.98. The first kappa shape index (κ1) is 12.4. The fourth-order valence-electron chi connectivity index (χ4n) is 2.43. The molecule has 2 N–H and O–H groups in total. The second-order valence-electron chi connectivity index (χ2n) is 5.08. The quantitative estimate of drug-likeness (QED) is 0.767. The van der Waals surface area contributed by atoms with Gasteiger partial charge in [-0.2, -0.15) is 0 Å². The largest absolute Gasteiger partial charge is 0.481 e. The minimum Gasteiger partial charge on any atom is -0.481 e. The van der Waals surface area contributed by atoms with Crippen molar-refractivity contribution in [2.45, 2.75) is 44.1 Å². The van der Waals surface area contributed by atoms with Crippen molar-refractivity contribution < 1.29 is 19.4 Å². The van der Waals surface area contributed by atoms with Crippen molar-refractivity contribution in [3.8, 4) is 0 Å². The molecule has 0 radical (unpaired) electrons. The Bertz CT molecular complexity index is 306. The Morgan fingerprint density at radius 3 is 2.41 bits per heavy atom. The van der Waals surface area contributed by atoms with Crippen molar-refractivity contribution in [3.63, 3.8) is 0 Å². The van der Waals surface area contributed by atoms with E-state index in [2.05, 4.69) is 5.32 Å². The van der Waals surface area contributed by atoms with E-state index >= 15 is 0 Å². The summed E-state index contributed by atoms with van der Waals surface area (Å²) in [4.78, 5) is 22.9. The van der Waals surface area contributed by atoms with Crippen LogP contribution in [-0.2, 0) is 14.3 Å². The number of carbonyl (C=O) groups excluding carboxylic acids is 1. The van der Waals surface area contributed by atoms with Crippen LogP contribution in [0.5, 0.6) is 0 Å². The van der Waals surface area contributed by atoms with Crippen LogP contribution in [0.2, 0.25) is 0 Å². The summed E-state index contributed by atoms with van der Waals surface area (Å²) in [7, 11) is 0. The van der Waals surface area contributed by atoms with Crippen LogP contribution in [0.4, 0.5) is 0 Å². The third kappa shape index (κ3) is 2.97. The van der Waals surface area contributed by atoms with Crippen molar-refractivity contribution in [2.75, 3.05) is 13.2 Å². The van der Waals surface area contributed by atoms with Crippen LogP contribution in [0.15, 0.2) is 0 Å². The molecule has 0 bridgehead atoms. The monoisotopic (exact) mass is 241 g/mol. The van der Waals surface area contributed by atoms with Crippen molar-refractivity contribution in [1.82, 2.24) is 5.32 Å². The lowest BCUT2D eigenvalue weighted by atomic mass is 9.81. The van der Waals surface area contributed by atoms with Gasteiger partial charge in [-0.3, -0.25) is 9.59 Å². The zero-order chi connectivity index (χ0) is 12.3. The molecule has 0 spiro atoms. The number of carboxylic acids is 1. The smallest absolute Gasteiger partial charge is 0.305 e. The molecule has 2 rings (SSSR count). The number of hydrogen-bond donors (Lipinski definition) is 2. The van der Waals surface area contributed by atoms with Gasteiger partial charge in [0.15, 0.2) is 0 Å². The third-order valence-corrected chi connectivity index (χ3v) is 3.80. The summed E-state index contributed by atoms with van der Waals surface area (Å²) in [5.74, 6) is -0.733. The molecule has 1 saturated carbocycles. The summed E-state index contributed by atoms with van der Waals surface area (Å²) in [6, 6.07) is 0. The second-order valence-corrected chi connectivity index (χ2v) is 5.08. The third-order valence-electron chi connectivity index (χ3n) is 3.80. The first-order chi connectivity index (χ1) is 8.11. The maximum absolute atomic E-state index is 11.9. The standard InChI is InChI=1S/C12H19NO4/c14-10(15)8-12(4-6-17-7-5-12)13-11(16)9-2-1-3-9/h9H,1-8H2,(H,13,16)(H,14,15). The van der Waals surface area contributed by atoms with Crippen LogP contribution in [0, 0.1) is 5.92 Å². The molecule has 5 nitrogen and oxygen atoms in total. The molecule has 1 aliphatic carbocycles. The van der Waals surface area contributed by atoms with E-state index in [1.807, 2.05) is 0 Å². The summed E-state index contributed by atoms with van der Waals surface area (Å²) >= 11 is 0. The molecule has 0 aromatic carbocycles. The first-order valence-electron chi connectivity index (χ1n) is 6.23. The van der Waals surface area contributed by atoms with Crippen LogP contribution >= 0.6 is 0 Å². The molecule has 1 aliphatic heterocycles. The number of hydrogen-bond acceptors (Lipinski definition) is 3. The highest BCUT2D eigenvalue weighted by Crippen LogP contribution is 2.30. The lowest BCUT2D eigenvalue weighted by Crippen LogP contribution is -2.55. The van der Waals surface area contributed by atoms with E-state index in [1.54, 1.807) is 0 Å². The van der Waals surface area contributed by atoms with E-state index in [0.717, 1.165) is 19.3 Å². The normalized spacial score (nSPS) is 23.8. The van der Waals surface area contributed by atoms with Gasteiger partial charge >= 0.3 is 5.97 Å². The molecule has 1 heterocycles. The van der Waals surface area contributed by atoms with Crippen LogP contribution in [0.3, 0.4) is 0 Å². The van der Waals surface area contributed by atoms with E-state index in [4.69, 9.17) is 9.84 Å². The van der Waals surface area contributed by atoms with Gasteiger partial charge < -0.3 is 15.2 Å². The Labute approximate surface area is 101 Å². The van der Waals surface area contributed by atoms with Gasteiger partial charge in [-0.1, -0.05) is 6.42 Å². The van der Waals surface area contributed by atoms with E-state index < -0.39 is 11.5 Å². The Morgan fingerprint density at radius 2 is 1.94 bits per heavy atom. The van der Waals surface area contributed by atoms with Gasteiger partial charge in [0, 0.05) is 19.1 Å². The van der Waals surface area contributed by atoms with Crippen molar-refractivity contribution in [2.24, 2.45) is 5.92 Å². The summed E-state index contributed by atoms with van der Waals surface area (Å²) in [6.45, 7) is 1.05. The number of carboxylic acid groups (broad SMARTS) is 1. The summed E-state index contributed by atoms with van der Waals surface area (Å²) < 4.78 is 5.24. The molecule has 0 aromatic heterocycles. The van der Waals surface area contributed by atoms with Gasteiger partial charge in [0.1, 0.15) is 0 Å². The van der Waals surface area contributed by atoms with E-state index in [1.165, 1.54) is 0 Å². The summed E-state index contributed by atoms with van der Waals surface area (Å²) in [5.41, 5.74) is -0.587. The zero-order valence-corrected chi connectivity index (χ0v) is 9.91. The highest BCUT2D eigenvalue weighted by molar-refractivity contribution is 5.81. The minimum absolute atomic E-state index is 0.00514. The van der Waals surface area contributed by atoms with Crippen LogP contribution in [0.25, 0.3) is 0 Å². The van der Waals surface area contributed by atoms with E-state index in [0.29, 0.717) is 26.1 Å². The van der Waals surface area contributed by atoms with E-state index in [-0.39, 0.29) is 18.2 Å². The zero-order valence-electron chi connectivity index (χ0n) is 9.91. The van der Waals surface area contributed by atoms with Gasteiger partial charge in [-0.05, 0) is 25.7 Å². The second kappa shape index (κ2) is 5.04. The highest BCUT2D eigenvalue weighted by atomic mass is 16.5. The predicted octanol–water partition coefficient (Wildman–Crippen LogP) is 0.927. The van der Waals surface area contributed by atoms with Crippen molar-refractivity contribution >= 4 is 11.9 Å². The molecule has 17 heavy (non-hydrogen) atoms. The predicted molar refractivity (Wildman–Crippen MR) is 60.5 cm³/mol. The van der Waals surface area contributed by atoms with E-state index in [9.17, 15) is 9.59 Å². The average molecular weight is 241 g/mol. The van der Waals surface area contributed by atoms with Gasteiger partial charge in [0.2, 0.25) is 5.91 Å². The fraction of sp³-hybridized carbons (Fsp3) is 0.833. The first-order valence-corrected chi connectivity index (χ1v) is 6.23. The molecule has 0 atom stereocenters. The number of amides is 1. The SMILES string of the molecule is O=C(O)CC1(NC(=O)C2CCC2)CCOCC1. The molecular weight excluding hydrogens is 222 g/mol. The van der Waals surface area contributed by atoms with Crippen LogP contribution < -0.4 is 5.32 Å². The molecule has 1 amide bonds. The number of ether oxygens (including phenoxy) is 1. The number of carbonyl (C=O) groups is 2. The van der Waals surface area contributed by atoms with Gasteiger partial charge in [-0.25, -0.2) is 0 Å². The van der Waals surface area contributed by atoms with Crippen LogP contribution in [0.1, 0.15) is 38.5 Å². The van der Waals surface area contributed by atoms with Crippen molar-refractivity contribution in [1.29, 1.82) is 0 Å². The molecule has 5 heteroatoms. The number of rotatable bonds is 4. The van der Waals surface area contributed by atoms with Crippen molar-refractivity contribution in [3.05, 3.63) is 0 Å². The highest BCUT2D eigenvalue weighted by Gasteiger charge is 2.38. The molecule has 2 aliphatic rings. The topological polar surface area (TPSA) is 75.6 Å². The minimum atomic E-state index is -0.860. The van der Waals surface area contributed by atoms with Gasteiger partial charge in [-0.15, -0.1) is 0 Å². The van der Waals surface area contributed by atoms with Gasteiger partial charge in [0.25, 0.3) is 0 Å². The Hall–Kier alpha value is -1.10. The van der Waals surface area contributed by atoms with Gasteiger partial charge in [0.05, 0.1) is 12.0 Å². The molecular formula is C12H19NO4. The lowest BCUT2D eigenvalue weighted by molar-refractivity contribution is -0.141. The number of aliphatic carboxylic acids is 1. The Kier molecular flexibility index (Phi) is 3.66. The maximum Gasteiger partial charge on any atom is 0.305 e. The fourth-order valence-corrected chi connectivity index (χ4v) is 2.43. The molecule has 0 unspecified atom stereocenters. The Morgan fingerprint density at radius 1 is 1.29 bits per heavy atom. The molecule has 2 fully saturated rings.